The third kappa shape index (κ3) is 4.57. The molecule has 0 bridgehead atoms. The number of rotatable bonds is 6. The molecule has 10 heteroatoms. The van der Waals surface area contributed by atoms with Crippen molar-refractivity contribution in [2.45, 2.75) is 24.7 Å². The van der Waals surface area contributed by atoms with E-state index in [0.717, 1.165) is 11.3 Å². The number of carbonyl (C=O) groups is 2. The van der Waals surface area contributed by atoms with Gasteiger partial charge in [0.15, 0.2) is 10.8 Å². The van der Waals surface area contributed by atoms with E-state index < -0.39 is 21.9 Å². The second kappa shape index (κ2) is 8.80. The van der Waals surface area contributed by atoms with Gasteiger partial charge in [-0.15, -0.1) is 11.3 Å². The highest BCUT2D eigenvalue weighted by molar-refractivity contribution is 7.89. The molecule has 0 spiro atoms. The van der Waals surface area contributed by atoms with Gasteiger partial charge in [0, 0.05) is 18.5 Å². The number of hydrogen-bond acceptors (Lipinski definition) is 7. The van der Waals surface area contributed by atoms with E-state index in [1.807, 2.05) is 0 Å². The van der Waals surface area contributed by atoms with Crippen LogP contribution >= 0.6 is 11.3 Å². The lowest BCUT2D eigenvalue weighted by atomic mass is 9.99. The van der Waals surface area contributed by atoms with E-state index in [1.165, 1.54) is 9.69 Å². The number of nitrogens with zero attached hydrogens (tertiary/aromatic N) is 2. The van der Waals surface area contributed by atoms with Gasteiger partial charge in [-0.05, 0) is 31.9 Å². The number of nitrogens with one attached hydrogen (secondary N) is 1. The van der Waals surface area contributed by atoms with Crippen LogP contribution in [0.5, 0.6) is 0 Å². The molecule has 1 aliphatic rings. The highest BCUT2D eigenvalue weighted by Crippen LogP contribution is 2.25. The third-order valence-corrected chi connectivity index (χ3v) is 6.99. The van der Waals surface area contributed by atoms with Crippen LogP contribution < -0.4 is 5.32 Å². The van der Waals surface area contributed by atoms with Gasteiger partial charge in [-0.25, -0.2) is 18.2 Å². The van der Waals surface area contributed by atoms with E-state index >= 15 is 0 Å². The maximum Gasteiger partial charge on any atom is 0.357 e. The fourth-order valence-electron chi connectivity index (χ4n) is 2.95. The Morgan fingerprint density at radius 1 is 1.32 bits per heavy atom. The van der Waals surface area contributed by atoms with Crippen molar-refractivity contribution < 1.29 is 22.7 Å². The molecular weight excluding hydrogens is 402 g/mol. The standard InChI is InChI=1S/C18H21N3O5S2/c1-2-26-17(23)15-12-27-18(19-15)20-16(22)13-7-6-10-21(11-13)28(24,25)14-8-4-3-5-9-14/h3-5,8-9,12-13H,2,6-7,10-11H2,1H3,(H,19,20,22). The number of aromatic nitrogens is 1. The van der Waals surface area contributed by atoms with Gasteiger partial charge in [0.05, 0.1) is 17.4 Å². The Hall–Kier alpha value is -2.30. The molecule has 1 aromatic heterocycles. The number of carbonyl (C=O) groups excluding carboxylic acids is 2. The minimum absolute atomic E-state index is 0.110. The van der Waals surface area contributed by atoms with Gasteiger partial charge < -0.3 is 10.1 Å². The number of hydrogen-bond donors (Lipinski definition) is 1. The SMILES string of the molecule is CCOC(=O)c1csc(NC(=O)C2CCCN(S(=O)(=O)c3ccccc3)C2)n1. The molecule has 1 aromatic carbocycles. The number of ether oxygens (including phenoxy) is 1. The maximum atomic E-state index is 12.8. The van der Waals surface area contributed by atoms with Crippen molar-refractivity contribution in [3.05, 3.63) is 41.4 Å². The molecule has 1 fully saturated rings. The lowest BCUT2D eigenvalue weighted by Gasteiger charge is -2.31. The van der Waals surface area contributed by atoms with Crippen molar-refractivity contribution in [2.24, 2.45) is 5.92 Å². The zero-order valence-corrected chi connectivity index (χ0v) is 17.0. The van der Waals surface area contributed by atoms with Gasteiger partial charge in [0.25, 0.3) is 0 Å². The summed E-state index contributed by atoms with van der Waals surface area (Å²) in [6.07, 6.45) is 1.18. The highest BCUT2D eigenvalue weighted by Gasteiger charge is 2.33. The second-order valence-corrected chi connectivity index (χ2v) is 9.06. The van der Waals surface area contributed by atoms with Crippen LogP contribution in [0.4, 0.5) is 5.13 Å². The number of piperidine rings is 1. The van der Waals surface area contributed by atoms with E-state index in [4.69, 9.17) is 4.74 Å². The summed E-state index contributed by atoms with van der Waals surface area (Å²) < 4.78 is 31.8. The Bertz CT molecular complexity index is 943. The molecule has 0 radical (unpaired) electrons. The second-order valence-electron chi connectivity index (χ2n) is 6.26. The van der Waals surface area contributed by atoms with Crippen molar-refractivity contribution in [1.29, 1.82) is 0 Å². The van der Waals surface area contributed by atoms with E-state index in [-0.39, 0.29) is 34.8 Å². The molecule has 150 valence electrons. The minimum atomic E-state index is -3.64. The number of thiazole rings is 1. The van der Waals surface area contributed by atoms with Crippen molar-refractivity contribution >= 4 is 38.4 Å². The molecular formula is C18H21N3O5S2. The lowest BCUT2D eigenvalue weighted by Crippen LogP contribution is -2.43. The summed E-state index contributed by atoms with van der Waals surface area (Å²) in [7, 11) is -3.64. The highest BCUT2D eigenvalue weighted by atomic mass is 32.2. The molecule has 1 aliphatic heterocycles. The van der Waals surface area contributed by atoms with Crippen LogP contribution in [0.25, 0.3) is 0 Å². The number of sulfonamides is 1. The first-order chi connectivity index (χ1) is 13.4. The quantitative estimate of drug-likeness (QED) is 0.715. The fourth-order valence-corrected chi connectivity index (χ4v) is 5.18. The predicted molar refractivity (Wildman–Crippen MR) is 105 cm³/mol. The summed E-state index contributed by atoms with van der Waals surface area (Å²) in [4.78, 5) is 28.5. The Morgan fingerprint density at radius 2 is 2.07 bits per heavy atom. The van der Waals surface area contributed by atoms with Crippen LogP contribution in [0.15, 0.2) is 40.6 Å². The maximum absolute atomic E-state index is 12.8. The first-order valence-corrected chi connectivity index (χ1v) is 11.2. The van der Waals surface area contributed by atoms with E-state index in [0.29, 0.717) is 19.4 Å². The lowest BCUT2D eigenvalue weighted by molar-refractivity contribution is -0.120. The largest absolute Gasteiger partial charge is 0.461 e. The smallest absolute Gasteiger partial charge is 0.357 e. The van der Waals surface area contributed by atoms with Crippen LogP contribution in [0.2, 0.25) is 0 Å². The summed E-state index contributed by atoms with van der Waals surface area (Å²) in [6.45, 7) is 2.43. The minimum Gasteiger partial charge on any atom is -0.461 e. The Balaban J connectivity index is 1.66. The zero-order valence-electron chi connectivity index (χ0n) is 15.3. The molecule has 1 saturated heterocycles. The molecule has 3 rings (SSSR count). The predicted octanol–water partition coefficient (Wildman–Crippen LogP) is 2.36. The Labute approximate surface area is 167 Å². The summed E-state index contributed by atoms with van der Waals surface area (Å²) in [6, 6.07) is 8.19. The van der Waals surface area contributed by atoms with Crippen LogP contribution in [0.1, 0.15) is 30.3 Å². The average molecular weight is 424 g/mol. The molecule has 1 atom stereocenters. The van der Waals surface area contributed by atoms with Crippen LogP contribution in [0.3, 0.4) is 0 Å². The van der Waals surface area contributed by atoms with Crippen LogP contribution in [-0.4, -0.2) is 49.3 Å². The summed E-state index contributed by atoms with van der Waals surface area (Å²) >= 11 is 1.12. The third-order valence-electron chi connectivity index (χ3n) is 4.35. The monoisotopic (exact) mass is 423 g/mol. The van der Waals surface area contributed by atoms with E-state index in [9.17, 15) is 18.0 Å². The molecule has 28 heavy (non-hydrogen) atoms. The van der Waals surface area contributed by atoms with E-state index in [2.05, 4.69) is 10.3 Å². The molecule has 2 aromatic rings. The molecule has 2 heterocycles. The van der Waals surface area contributed by atoms with E-state index in [1.54, 1.807) is 37.3 Å². The summed E-state index contributed by atoms with van der Waals surface area (Å²) in [5, 5.41) is 4.48. The molecule has 0 aliphatic carbocycles. The van der Waals surface area contributed by atoms with Gasteiger partial charge in [-0.1, -0.05) is 18.2 Å². The van der Waals surface area contributed by atoms with Gasteiger partial charge in [0.2, 0.25) is 15.9 Å². The zero-order chi connectivity index (χ0) is 20.1. The Kier molecular flexibility index (Phi) is 6.42. The summed E-state index contributed by atoms with van der Waals surface area (Å²) in [5.74, 6) is -1.34. The van der Waals surface area contributed by atoms with Gasteiger partial charge in [-0.2, -0.15) is 4.31 Å². The number of benzene rings is 1. The van der Waals surface area contributed by atoms with Crippen molar-refractivity contribution in [2.75, 3.05) is 25.0 Å². The first kappa shape index (κ1) is 20.4. The van der Waals surface area contributed by atoms with Gasteiger partial charge >= 0.3 is 5.97 Å². The van der Waals surface area contributed by atoms with Crippen molar-refractivity contribution in [3.8, 4) is 0 Å². The average Bonchev–Trinajstić information content (AvgIpc) is 3.17. The number of amides is 1. The van der Waals surface area contributed by atoms with Crippen molar-refractivity contribution in [1.82, 2.24) is 9.29 Å². The van der Waals surface area contributed by atoms with Crippen LogP contribution in [-0.2, 0) is 19.6 Å². The molecule has 1 amide bonds. The fraction of sp³-hybridized carbons (Fsp3) is 0.389. The number of esters is 1. The van der Waals surface area contributed by atoms with Gasteiger partial charge in [0.1, 0.15) is 0 Å². The molecule has 1 N–H and O–H groups in total. The summed E-state index contributed by atoms with van der Waals surface area (Å²) in [5.41, 5.74) is 0.138. The molecule has 0 saturated carbocycles. The molecule has 8 nitrogen and oxygen atoms in total. The molecule has 1 unspecified atom stereocenters. The topological polar surface area (TPSA) is 106 Å². The number of anilines is 1. The Morgan fingerprint density at radius 3 is 2.79 bits per heavy atom. The van der Waals surface area contributed by atoms with Crippen molar-refractivity contribution in [3.63, 3.8) is 0 Å². The normalized spacial score (nSPS) is 17.8. The first-order valence-electron chi connectivity index (χ1n) is 8.90. The van der Waals surface area contributed by atoms with Crippen LogP contribution in [0, 0.1) is 5.92 Å². The van der Waals surface area contributed by atoms with Gasteiger partial charge in [-0.3, -0.25) is 4.79 Å².